The van der Waals surface area contributed by atoms with Crippen molar-refractivity contribution in [1.29, 1.82) is 0 Å². The molecule has 0 aliphatic rings. The monoisotopic (exact) mass is 243 g/mol. The summed E-state index contributed by atoms with van der Waals surface area (Å²) in [5.74, 6) is -1.38. The number of rotatable bonds is 4. The summed E-state index contributed by atoms with van der Waals surface area (Å²) in [6, 6.07) is -0.985. The van der Waals surface area contributed by atoms with Crippen LogP contribution in [0.4, 0.5) is 4.79 Å². The topological polar surface area (TPSA) is 75.6 Å². The van der Waals surface area contributed by atoms with Gasteiger partial charge in [-0.1, -0.05) is 19.1 Å². The van der Waals surface area contributed by atoms with E-state index in [-0.39, 0.29) is 5.92 Å². The van der Waals surface area contributed by atoms with Gasteiger partial charge in [0, 0.05) is 5.92 Å². The number of nitrogens with one attached hydrogen (secondary N) is 1. The number of amides is 1. The second kappa shape index (κ2) is 6.27. The molecule has 2 atom stereocenters. The van der Waals surface area contributed by atoms with Crippen molar-refractivity contribution in [3.63, 3.8) is 0 Å². The molecule has 0 radical (unpaired) electrons. The van der Waals surface area contributed by atoms with Gasteiger partial charge in [0.15, 0.2) is 0 Å². The van der Waals surface area contributed by atoms with Crippen LogP contribution < -0.4 is 5.32 Å². The molecule has 0 fully saturated rings. The Labute approximate surface area is 102 Å². The van der Waals surface area contributed by atoms with E-state index in [0.717, 1.165) is 0 Å². The zero-order valence-electron chi connectivity index (χ0n) is 11.0. The summed E-state index contributed by atoms with van der Waals surface area (Å²) in [7, 11) is 0. The highest BCUT2D eigenvalue weighted by Gasteiger charge is 2.27. The molecule has 0 saturated carbocycles. The molecule has 0 rings (SSSR count). The second-order valence-corrected chi connectivity index (χ2v) is 4.85. The van der Waals surface area contributed by atoms with Crippen LogP contribution in [0.3, 0.4) is 0 Å². The first-order valence-electron chi connectivity index (χ1n) is 5.52. The fourth-order valence-electron chi connectivity index (χ4n) is 1.27. The van der Waals surface area contributed by atoms with E-state index in [1.54, 1.807) is 46.8 Å². The summed E-state index contributed by atoms with van der Waals surface area (Å²) in [5, 5.41) is 11.4. The van der Waals surface area contributed by atoms with E-state index >= 15 is 0 Å². The van der Waals surface area contributed by atoms with E-state index in [9.17, 15) is 9.59 Å². The Balaban J connectivity index is 4.56. The van der Waals surface area contributed by atoms with Crippen molar-refractivity contribution < 1.29 is 19.4 Å². The van der Waals surface area contributed by atoms with Crippen LogP contribution in [-0.4, -0.2) is 28.8 Å². The molecule has 0 heterocycles. The van der Waals surface area contributed by atoms with E-state index in [1.165, 1.54) is 0 Å². The Morgan fingerprint density at radius 3 is 2.24 bits per heavy atom. The van der Waals surface area contributed by atoms with Gasteiger partial charge in [0.25, 0.3) is 0 Å². The fourth-order valence-corrected chi connectivity index (χ4v) is 1.27. The van der Waals surface area contributed by atoms with Gasteiger partial charge in [-0.3, -0.25) is 0 Å². The first kappa shape index (κ1) is 15.5. The number of carboxylic acids is 1. The smallest absolute Gasteiger partial charge is 0.408 e. The minimum Gasteiger partial charge on any atom is -0.480 e. The third kappa shape index (κ3) is 6.60. The molecule has 0 aromatic heterocycles. The molecule has 0 saturated heterocycles. The first-order valence-corrected chi connectivity index (χ1v) is 5.52. The fraction of sp³-hybridized carbons (Fsp3) is 0.667. The summed E-state index contributed by atoms with van der Waals surface area (Å²) >= 11 is 0. The molecule has 98 valence electrons. The number of carboxylic acid groups (broad SMARTS) is 1. The Morgan fingerprint density at radius 2 is 1.88 bits per heavy atom. The van der Waals surface area contributed by atoms with Crippen LogP contribution in [0.1, 0.15) is 34.6 Å². The first-order chi connectivity index (χ1) is 7.67. The van der Waals surface area contributed by atoms with E-state index in [4.69, 9.17) is 9.84 Å². The lowest BCUT2D eigenvalue weighted by molar-refractivity contribution is -0.140. The van der Waals surface area contributed by atoms with Gasteiger partial charge in [0.2, 0.25) is 0 Å². The SMILES string of the molecule is C/C=C/[C@@H](C)[C@H](NC(=O)OC(C)(C)C)C(=O)O. The minimum atomic E-state index is -1.08. The van der Waals surface area contributed by atoms with Crippen molar-refractivity contribution in [1.82, 2.24) is 5.32 Å². The highest BCUT2D eigenvalue weighted by Crippen LogP contribution is 2.10. The third-order valence-corrected chi connectivity index (χ3v) is 1.96. The highest BCUT2D eigenvalue weighted by molar-refractivity contribution is 5.80. The van der Waals surface area contributed by atoms with Crippen molar-refractivity contribution in [2.24, 2.45) is 5.92 Å². The van der Waals surface area contributed by atoms with Gasteiger partial charge in [-0.25, -0.2) is 9.59 Å². The molecule has 17 heavy (non-hydrogen) atoms. The average Bonchev–Trinajstić information content (AvgIpc) is 2.11. The second-order valence-electron chi connectivity index (χ2n) is 4.85. The lowest BCUT2D eigenvalue weighted by Gasteiger charge is -2.23. The Hall–Kier alpha value is -1.52. The zero-order valence-corrected chi connectivity index (χ0v) is 11.0. The van der Waals surface area contributed by atoms with Crippen LogP contribution in [0.15, 0.2) is 12.2 Å². The number of hydrogen-bond donors (Lipinski definition) is 2. The van der Waals surface area contributed by atoms with E-state index in [1.807, 2.05) is 0 Å². The average molecular weight is 243 g/mol. The molecule has 0 spiro atoms. The van der Waals surface area contributed by atoms with Crippen LogP contribution >= 0.6 is 0 Å². The third-order valence-electron chi connectivity index (χ3n) is 1.96. The molecule has 1 amide bonds. The Bertz CT molecular complexity index is 304. The van der Waals surface area contributed by atoms with Gasteiger partial charge in [0.1, 0.15) is 11.6 Å². The van der Waals surface area contributed by atoms with Crippen molar-refractivity contribution >= 4 is 12.1 Å². The molecular weight excluding hydrogens is 222 g/mol. The maximum atomic E-state index is 11.5. The molecule has 0 aliphatic carbocycles. The Kier molecular flexibility index (Phi) is 5.71. The maximum absolute atomic E-state index is 11.5. The van der Waals surface area contributed by atoms with Gasteiger partial charge in [0.05, 0.1) is 0 Å². The van der Waals surface area contributed by atoms with Crippen molar-refractivity contribution in [3.8, 4) is 0 Å². The van der Waals surface area contributed by atoms with Crippen LogP contribution in [-0.2, 0) is 9.53 Å². The number of ether oxygens (including phenoxy) is 1. The number of alkyl carbamates (subject to hydrolysis) is 1. The normalized spacial score (nSPS) is 15.4. The number of carbonyl (C=O) groups excluding carboxylic acids is 1. The van der Waals surface area contributed by atoms with Gasteiger partial charge in [-0.15, -0.1) is 0 Å². The predicted molar refractivity (Wildman–Crippen MR) is 64.8 cm³/mol. The van der Waals surface area contributed by atoms with Crippen LogP contribution in [0.5, 0.6) is 0 Å². The number of aliphatic carboxylic acids is 1. The molecule has 0 unspecified atom stereocenters. The molecule has 0 aromatic carbocycles. The van der Waals surface area contributed by atoms with Crippen molar-refractivity contribution in [3.05, 3.63) is 12.2 Å². The van der Waals surface area contributed by atoms with Gasteiger partial charge >= 0.3 is 12.1 Å². The molecule has 0 aliphatic heterocycles. The lowest BCUT2D eigenvalue weighted by atomic mass is 10.0. The van der Waals surface area contributed by atoms with Crippen molar-refractivity contribution in [2.45, 2.75) is 46.3 Å². The lowest BCUT2D eigenvalue weighted by Crippen LogP contribution is -2.46. The summed E-state index contributed by atoms with van der Waals surface area (Å²) in [5.41, 5.74) is -0.642. The molecule has 5 heteroatoms. The summed E-state index contributed by atoms with van der Waals surface area (Å²) in [6.07, 6.45) is 2.74. The highest BCUT2D eigenvalue weighted by atomic mass is 16.6. The number of carbonyl (C=O) groups is 2. The predicted octanol–water partition coefficient (Wildman–Crippen LogP) is 2.18. The molecular formula is C12H21NO4. The van der Waals surface area contributed by atoms with Crippen molar-refractivity contribution in [2.75, 3.05) is 0 Å². The van der Waals surface area contributed by atoms with Gasteiger partial charge in [-0.2, -0.15) is 0 Å². The van der Waals surface area contributed by atoms with Gasteiger partial charge < -0.3 is 15.2 Å². The van der Waals surface area contributed by atoms with E-state index in [0.29, 0.717) is 0 Å². The Morgan fingerprint density at radius 1 is 1.35 bits per heavy atom. The quantitative estimate of drug-likeness (QED) is 0.742. The van der Waals surface area contributed by atoms with Crippen LogP contribution in [0.2, 0.25) is 0 Å². The largest absolute Gasteiger partial charge is 0.480 e. The minimum absolute atomic E-state index is 0.301. The number of hydrogen-bond acceptors (Lipinski definition) is 3. The molecule has 2 N–H and O–H groups in total. The zero-order chi connectivity index (χ0) is 13.6. The van der Waals surface area contributed by atoms with Crippen LogP contribution in [0.25, 0.3) is 0 Å². The maximum Gasteiger partial charge on any atom is 0.408 e. The van der Waals surface area contributed by atoms with Crippen LogP contribution in [0, 0.1) is 5.92 Å². The summed E-state index contributed by atoms with van der Waals surface area (Å²) in [6.45, 7) is 8.67. The molecule has 0 aromatic rings. The molecule has 0 bridgehead atoms. The van der Waals surface area contributed by atoms with E-state index < -0.39 is 23.7 Å². The number of allylic oxidation sites excluding steroid dienone is 1. The van der Waals surface area contributed by atoms with E-state index in [2.05, 4.69) is 5.32 Å². The molecule has 5 nitrogen and oxygen atoms in total. The summed E-state index contributed by atoms with van der Waals surface area (Å²) < 4.78 is 5.01. The standard InChI is InChI=1S/C12H21NO4/c1-6-7-8(2)9(10(14)15)13-11(16)17-12(3,4)5/h6-9H,1-5H3,(H,13,16)(H,14,15)/b7-6+/t8-,9+/m1/s1. The van der Waals surface area contributed by atoms with Gasteiger partial charge in [-0.05, 0) is 27.7 Å². The summed E-state index contributed by atoms with van der Waals surface area (Å²) in [4.78, 5) is 22.5.